The predicted octanol–water partition coefficient (Wildman–Crippen LogP) is 3.55. The molecule has 1 aromatic carbocycles. The number of rotatable bonds is 5. The van der Waals surface area contributed by atoms with Crippen molar-refractivity contribution in [2.24, 2.45) is 7.05 Å². The van der Waals surface area contributed by atoms with Gasteiger partial charge in [-0.2, -0.15) is 10.2 Å². The van der Waals surface area contributed by atoms with E-state index in [2.05, 4.69) is 26.0 Å². The van der Waals surface area contributed by atoms with Gasteiger partial charge in [-0.05, 0) is 43.7 Å². The van der Waals surface area contributed by atoms with E-state index < -0.39 is 5.41 Å². The molecule has 0 radical (unpaired) electrons. The molecule has 4 heterocycles. The molecule has 0 atom stereocenters. The van der Waals surface area contributed by atoms with Crippen LogP contribution in [0.1, 0.15) is 19.5 Å². The number of aromatic nitrogens is 6. The summed E-state index contributed by atoms with van der Waals surface area (Å²) in [5, 5.41) is 10.2. The molecule has 0 fully saturated rings. The van der Waals surface area contributed by atoms with Crippen molar-refractivity contribution in [1.29, 1.82) is 5.26 Å². The summed E-state index contributed by atoms with van der Waals surface area (Å²) in [6.07, 6.45) is 4.94. The Bertz CT molecular complexity index is 1730. The largest absolute Gasteiger partial charge is 0.480 e. The number of imidazole rings is 1. The highest BCUT2D eigenvalue weighted by Gasteiger charge is 2.22. The lowest BCUT2D eigenvalue weighted by molar-refractivity contribution is 0.353. The van der Waals surface area contributed by atoms with Crippen molar-refractivity contribution in [3.05, 3.63) is 65.1 Å². The number of hydrogen-bond acceptors (Lipinski definition) is 8. The zero-order valence-corrected chi connectivity index (χ0v) is 20.5. The molecule has 0 bridgehead atoms. The third-order valence-electron chi connectivity index (χ3n) is 6.23. The van der Waals surface area contributed by atoms with Crippen molar-refractivity contribution in [2.45, 2.75) is 19.3 Å². The van der Waals surface area contributed by atoms with Crippen molar-refractivity contribution < 1.29 is 9.47 Å². The van der Waals surface area contributed by atoms with Gasteiger partial charge in [-0.25, -0.2) is 9.78 Å². The Labute approximate surface area is 206 Å². The molecule has 5 aromatic rings. The Kier molecular flexibility index (Phi) is 5.40. The summed E-state index contributed by atoms with van der Waals surface area (Å²) in [5.74, 6) is 0.367. The first-order valence-electron chi connectivity index (χ1n) is 11.1. The van der Waals surface area contributed by atoms with Gasteiger partial charge in [-0.1, -0.05) is 6.07 Å². The lowest BCUT2D eigenvalue weighted by Gasteiger charge is -2.15. The van der Waals surface area contributed by atoms with Crippen LogP contribution >= 0.6 is 0 Å². The Hall–Kier alpha value is -4.78. The maximum absolute atomic E-state index is 13.4. The molecule has 10 heteroatoms. The van der Waals surface area contributed by atoms with E-state index in [-0.39, 0.29) is 11.7 Å². The lowest BCUT2D eigenvalue weighted by atomic mass is 9.91. The molecule has 0 aliphatic heterocycles. The molecule has 180 valence electrons. The SMILES string of the molecule is COc1ncc(-c2ccc3ncc4c(c3c2)n(-c2ccc(C(C)(C)C#N)nc2)c(=O)n4C)c(OC)n1. The third-order valence-corrected chi connectivity index (χ3v) is 6.23. The van der Waals surface area contributed by atoms with Gasteiger partial charge < -0.3 is 9.47 Å². The summed E-state index contributed by atoms with van der Waals surface area (Å²) in [6, 6.07) is 11.8. The van der Waals surface area contributed by atoms with Gasteiger partial charge in [0.25, 0.3) is 0 Å². The fraction of sp³-hybridized carbons (Fsp3) is 0.231. The topological polar surface area (TPSA) is 121 Å². The summed E-state index contributed by atoms with van der Waals surface area (Å²) in [5.41, 5.74) is 3.79. The van der Waals surface area contributed by atoms with Crippen LogP contribution in [0.15, 0.2) is 53.7 Å². The second kappa shape index (κ2) is 8.46. The summed E-state index contributed by atoms with van der Waals surface area (Å²) >= 11 is 0. The number of benzene rings is 1. The van der Waals surface area contributed by atoms with Gasteiger partial charge in [0.05, 0.1) is 71.6 Å². The van der Waals surface area contributed by atoms with E-state index in [1.165, 1.54) is 14.2 Å². The van der Waals surface area contributed by atoms with Crippen LogP contribution in [0.4, 0.5) is 0 Å². The molecule has 0 amide bonds. The molecule has 0 N–H and O–H groups in total. The zero-order chi connectivity index (χ0) is 25.6. The van der Waals surface area contributed by atoms with Crippen molar-refractivity contribution in [1.82, 2.24) is 29.1 Å². The fourth-order valence-corrected chi connectivity index (χ4v) is 4.15. The lowest BCUT2D eigenvalue weighted by Crippen LogP contribution is -2.21. The van der Waals surface area contributed by atoms with Gasteiger partial charge in [-0.3, -0.25) is 19.1 Å². The van der Waals surface area contributed by atoms with Gasteiger partial charge in [-0.15, -0.1) is 0 Å². The first-order valence-corrected chi connectivity index (χ1v) is 11.1. The zero-order valence-electron chi connectivity index (χ0n) is 20.5. The summed E-state index contributed by atoms with van der Waals surface area (Å²) < 4.78 is 13.8. The average Bonchev–Trinajstić information content (AvgIpc) is 3.18. The Morgan fingerprint density at radius 3 is 2.47 bits per heavy atom. The minimum Gasteiger partial charge on any atom is -0.480 e. The predicted molar refractivity (Wildman–Crippen MR) is 134 cm³/mol. The number of methoxy groups -OCH3 is 2. The second-order valence-corrected chi connectivity index (χ2v) is 8.82. The van der Waals surface area contributed by atoms with Gasteiger partial charge >= 0.3 is 11.7 Å². The normalized spacial score (nSPS) is 11.6. The molecular weight excluding hydrogens is 458 g/mol. The summed E-state index contributed by atoms with van der Waals surface area (Å²) in [7, 11) is 4.73. The van der Waals surface area contributed by atoms with Crippen molar-refractivity contribution in [3.63, 3.8) is 0 Å². The van der Waals surface area contributed by atoms with Crippen molar-refractivity contribution in [2.75, 3.05) is 14.2 Å². The highest BCUT2D eigenvalue weighted by Crippen LogP contribution is 2.33. The van der Waals surface area contributed by atoms with Crippen LogP contribution in [0.5, 0.6) is 11.9 Å². The quantitative estimate of drug-likeness (QED) is 0.374. The van der Waals surface area contributed by atoms with E-state index in [9.17, 15) is 10.1 Å². The van der Waals surface area contributed by atoms with E-state index in [1.54, 1.807) is 60.8 Å². The van der Waals surface area contributed by atoms with Crippen LogP contribution in [0.2, 0.25) is 0 Å². The number of nitrogens with zero attached hydrogens (tertiary/aromatic N) is 7. The first-order chi connectivity index (χ1) is 17.3. The molecule has 36 heavy (non-hydrogen) atoms. The smallest absolute Gasteiger partial charge is 0.333 e. The molecule has 0 aliphatic rings. The number of aryl methyl sites for hydroxylation is 1. The number of fused-ring (bicyclic) bond motifs is 3. The minimum atomic E-state index is -0.743. The molecule has 0 saturated heterocycles. The maximum atomic E-state index is 13.4. The van der Waals surface area contributed by atoms with Gasteiger partial charge in [0.1, 0.15) is 0 Å². The number of hydrogen-bond donors (Lipinski definition) is 0. The number of ether oxygens (including phenoxy) is 2. The third kappa shape index (κ3) is 3.53. The van der Waals surface area contributed by atoms with Gasteiger partial charge in [0.15, 0.2) is 0 Å². The molecule has 4 aromatic heterocycles. The fourth-order valence-electron chi connectivity index (χ4n) is 4.15. The number of nitriles is 1. The molecule has 0 saturated carbocycles. The number of pyridine rings is 2. The highest BCUT2D eigenvalue weighted by molar-refractivity contribution is 6.04. The van der Waals surface area contributed by atoms with E-state index in [1.807, 2.05) is 18.2 Å². The molecule has 0 unspecified atom stereocenters. The average molecular weight is 482 g/mol. The van der Waals surface area contributed by atoms with Crippen LogP contribution in [-0.2, 0) is 12.5 Å². The minimum absolute atomic E-state index is 0.202. The summed E-state index contributed by atoms with van der Waals surface area (Å²) in [6.45, 7) is 3.61. The van der Waals surface area contributed by atoms with Crippen LogP contribution in [0.25, 0.3) is 38.8 Å². The molecule has 0 spiro atoms. The summed E-state index contributed by atoms with van der Waals surface area (Å²) in [4.78, 5) is 30.9. The highest BCUT2D eigenvalue weighted by atomic mass is 16.5. The Morgan fingerprint density at radius 1 is 1.00 bits per heavy atom. The molecule has 10 nitrogen and oxygen atoms in total. The molecule has 0 aliphatic carbocycles. The Balaban J connectivity index is 1.77. The van der Waals surface area contributed by atoms with Crippen LogP contribution in [0.3, 0.4) is 0 Å². The maximum Gasteiger partial charge on any atom is 0.333 e. The van der Waals surface area contributed by atoms with Crippen LogP contribution in [-0.4, -0.2) is 43.3 Å². The van der Waals surface area contributed by atoms with E-state index in [0.29, 0.717) is 39.4 Å². The monoisotopic (exact) mass is 481 g/mol. The van der Waals surface area contributed by atoms with E-state index in [4.69, 9.17) is 9.47 Å². The first kappa shape index (κ1) is 23.0. The Morgan fingerprint density at radius 2 is 1.81 bits per heavy atom. The van der Waals surface area contributed by atoms with Crippen LogP contribution in [0, 0.1) is 11.3 Å². The molecular formula is C26H23N7O3. The van der Waals surface area contributed by atoms with Crippen LogP contribution < -0.4 is 15.2 Å². The standard InChI is InChI=1S/C26H23N7O3/c1-26(2,14-27)21-9-7-16(11-29-21)33-22-17-10-15(18-12-30-24(36-5)31-23(18)35-4)6-8-19(17)28-13-20(22)32(3)25(33)34/h6-13H,1-5H3. The van der Waals surface area contributed by atoms with E-state index >= 15 is 0 Å². The van der Waals surface area contributed by atoms with Gasteiger partial charge in [0, 0.05) is 18.6 Å². The van der Waals surface area contributed by atoms with Gasteiger partial charge in [0.2, 0.25) is 5.88 Å². The van der Waals surface area contributed by atoms with Crippen molar-refractivity contribution >= 4 is 21.9 Å². The van der Waals surface area contributed by atoms with Crippen molar-refractivity contribution in [3.8, 4) is 34.8 Å². The molecule has 5 rings (SSSR count). The van der Waals surface area contributed by atoms with E-state index in [0.717, 1.165) is 10.9 Å². The second-order valence-electron chi connectivity index (χ2n) is 8.82.